The van der Waals surface area contributed by atoms with E-state index in [1.165, 1.54) is 31.4 Å². The molecule has 0 aliphatic carbocycles. The number of anilines is 1. The molecule has 174 valence electrons. The van der Waals surface area contributed by atoms with Gasteiger partial charge in [-0.3, -0.25) is 0 Å². The Morgan fingerprint density at radius 2 is 1.91 bits per heavy atom. The predicted octanol–water partition coefficient (Wildman–Crippen LogP) is 3.30. The van der Waals surface area contributed by atoms with Crippen molar-refractivity contribution in [3.05, 3.63) is 83.3 Å². The largest absolute Gasteiger partial charge is 0.467 e. The average Bonchev–Trinajstić information content (AvgIpc) is 3.29. The van der Waals surface area contributed by atoms with E-state index in [1.54, 1.807) is 23.0 Å². The van der Waals surface area contributed by atoms with Crippen LogP contribution in [0.2, 0.25) is 0 Å². The third kappa shape index (κ3) is 4.76. The third-order valence-electron chi connectivity index (χ3n) is 5.26. The summed E-state index contributed by atoms with van der Waals surface area (Å²) in [5.74, 6) is -0.579. The minimum Gasteiger partial charge on any atom is -0.467 e. The highest BCUT2D eigenvalue weighted by Gasteiger charge is 2.23. The molecule has 3 heterocycles. The van der Waals surface area contributed by atoms with Crippen LogP contribution in [0.25, 0.3) is 17.1 Å². The first-order valence-electron chi connectivity index (χ1n) is 10.5. The first-order chi connectivity index (χ1) is 16.4. The molecule has 0 saturated carbocycles. The first kappa shape index (κ1) is 23.0. The van der Waals surface area contributed by atoms with E-state index in [-0.39, 0.29) is 6.61 Å². The van der Waals surface area contributed by atoms with Gasteiger partial charge in [0.05, 0.1) is 42.8 Å². The normalized spacial score (nSPS) is 11.8. The second-order valence-electron chi connectivity index (χ2n) is 7.66. The molecule has 34 heavy (non-hydrogen) atoms. The van der Waals surface area contributed by atoms with Crippen LogP contribution in [0.3, 0.4) is 0 Å². The van der Waals surface area contributed by atoms with Crippen LogP contribution in [-0.4, -0.2) is 42.9 Å². The molecule has 0 radical (unpaired) electrons. The molecule has 1 atom stereocenters. The fourth-order valence-corrected chi connectivity index (χ4v) is 3.48. The molecular formula is C24H23FN6O3. The molecular weight excluding hydrogens is 439 g/mol. The predicted molar refractivity (Wildman–Crippen MR) is 123 cm³/mol. The molecule has 0 amide bonds. The lowest BCUT2D eigenvalue weighted by molar-refractivity contribution is -0.141. The number of ether oxygens (including phenoxy) is 1. The van der Waals surface area contributed by atoms with Crippen molar-refractivity contribution in [3.63, 3.8) is 0 Å². The Balaban J connectivity index is 1.62. The SMILES string of the molecule is COC(=O)[C@H](Nc1nnc(-c2ccc(-n3cnc(C)c3)c(CO)n2)cc1C)c1ccc(F)cc1. The second-order valence-corrected chi connectivity index (χ2v) is 7.66. The number of hydrogen-bond donors (Lipinski definition) is 2. The van der Waals surface area contributed by atoms with E-state index in [9.17, 15) is 14.3 Å². The molecule has 0 unspecified atom stereocenters. The summed E-state index contributed by atoms with van der Waals surface area (Å²) >= 11 is 0. The van der Waals surface area contributed by atoms with Crippen molar-refractivity contribution in [1.82, 2.24) is 24.7 Å². The molecule has 9 nitrogen and oxygen atoms in total. The number of benzene rings is 1. The molecule has 2 N–H and O–H groups in total. The number of esters is 1. The van der Waals surface area contributed by atoms with Crippen LogP contribution in [-0.2, 0) is 16.1 Å². The van der Waals surface area contributed by atoms with E-state index in [0.717, 1.165) is 11.4 Å². The number of nitrogens with one attached hydrogen (secondary N) is 1. The highest BCUT2D eigenvalue weighted by atomic mass is 19.1. The number of halogens is 1. The second kappa shape index (κ2) is 9.75. The number of carbonyl (C=O) groups excluding carboxylic acids is 1. The van der Waals surface area contributed by atoms with Crippen molar-refractivity contribution in [2.45, 2.75) is 26.5 Å². The number of aliphatic hydroxyl groups is 1. The quantitative estimate of drug-likeness (QED) is 0.402. The Kier molecular flexibility index (Phi) is 6.60. The van der Waals surface area contributed by atoms with Crippen molar-refractivity contribution >= 4 is 11.8 Å². The van der Waals surface area contributed by atoms with Crippen LogP contribution in [0.15, 0.2) is 55.0 Å². The van der Waals surface area contributed by atoms with Gasteiger partial charge in [-0.2, -0.15) is 0 Å². The van der Waals surface area contributed by atoms with E-state index >= 15 is 0 Å². The summed E-state index contributed by atoms with van der Waals surface area (Å²) in [5.41, 5.74) is 4.32. The molecule has 0 aliphatic heterocycles. The van der Waals surface area contributed by atoms with Crippen LogP contribution in [0.4, 0.5) is 10.2 Å². The fraction of sp³-hybridized carbons (Fsp3) is 0.208. The number of methoxy groups -OCH3 is 1. The molecule has 10 heteroatoms. The van der Waals surface area contributed by atoms with Gasteiger partial charge in [-0.15, -0.1) is 10.2 Å². The first-order valence-corrected chi connectivity index (χ1v) is 10.5. The van der Waals surface area contributed by atoms with Gasteiger partial charge in [-0.05, 0) is 55.3 Å². The van der Waals surface area contributed by atoms with Crippen molar-refractivity contribution in [1.29, 1.82) is 0 Å². The number of imidazole rings is 1. The van der Waals surface area contributed by atoms with Gasteiger partial charge >= 0.3 is 5.97 Å². The lowest BCUT2D eigenvalue weighted by atomic mass is 10.1. The van der Waals surface area contributed by atoms with E-state index < -0.39 is 17.8 Å². The fourth-order valence-electron chi connectivity index (χ4n) is 3.48. The zero-order valence-corrected chi connectivity index (χ0v) is 18.9. The maximum atomic E-state index is 13.3. The van der Waals surface area contributed by atoms with Gasteiger partial charge in [0, 0.05) is 6.20 Å². The highest BCUT2D eigenvalue weighted by molar-refractivity contribution is 5.81. The van der Waals surface area contributed by atoms with Crippen LogP contribution in [0.1, 0.15) is 28.6 Å². The van der Waals surface area contributed by atoms with Gasteiger partial charge < -0.3 is 19.7 Å². The minimum absolute atomic E-state index is 0.259. The van der Waals surface area contributed by atoms with E-state index in [4.69, 9.17) is 4.74 Å². The standard InChI is InChI=1S/C24H23FN6O3/c1-14-10-19(18-8-9-21(20(12-32)27-18)31-11-15(2)26-13-31)29-30-23(14)28-22(24(33)34-3)16-4-6-17(25)7-5-16/h4-11,13,22,32H,12H2,1-3H3,(H,28,30)/t22-/m1/s1. The summed E-state index contributed by atoms with van der Waals surface area (Å²) in [6.45, 7) is 3.44. The highest BCUT2D eigenvalue weighted by Crippen LogP contribution is 2.25. The lowest BCUT2D eigenvalue weighted by Crippen LogP contribution is -2.23. The van der Waals surface area contributed by atoms with Gasteiger partial charge in [-0.25, -0.2) is 19.2 Å². The van der Waals surface area contributed by atoms with Gasteiger partial charge in [-0.1, -0.05) is 12.1 Å². The molecule has 3 aromatic heterocycles. The zero-order valence-electron chi connectivity index (χ0n) is 18.9. The Labute approximate surface area is 195 Å². The summed E-state index contributed by atoms with van der Waals surface area (Å²) in [7, 11) is 1.28. The number of carbonyl (C=O) groups is 1. The van der Waals surface area contributed by atoms with E-state index in [1.807, 2.05) is 26.1 Å². The van der Waals surface area contributed by atoms with E-state index in [2.05, 4.69) is 25.5 Å². The average molecular weight is 462 g/mol. The maximum absolute atomic E-state index is 13.3. The monoisotopic (exact) mass is 462 g/mol. The minimum atomic E-state index is -0.888. The summed E-state index contributed by atoms with van der Waals surface area (Å²) in [6.07, 6.45) is 3.51. The van der Waals surface area contributed by atoms with Gasteiger partial charge in [0.2, 0.25) is 0 Å². The Morgan fingerprint density at radius 3 is 2.53 bits per heavy atom. The Hall–Kier alpha value is -4.18. The molecule has 0 saturated heterocycles. The lowest BCUT2D eigenvalue weighted by Gasteiger charge is -2.18. The Bertz CT molecular complexity index is 1320. The number of aromatic nitrogens is 5. The van der Waals surface area contributed by atoms with Gasteiger partial charge in [0.1, 0.15) is 11.5 Å². The Morgan fingerprint density at radius 1 is 1.15 bits per heavy atom. The molecule has 1 aromatic carbocycles. The smallest absolute Gasteiger partial charge is 0.333 e. The number of pyridine rings is 1. The number of aryl methyl sites for hydroxylation is 2. The van der Waals surface area contributed by atoms with Crippen molar-refractivity contribution < 1.29 is 19.0 Å². The molecule has 0 aliphatic rings. The topological polar surface area (TPSA) is 115 Å². The zero-order chi connectivity index (χ0) is 24.2. The summed E-state index contributed by atoms with van der Waals surface area (Å²) < 4.78 is 20.0. The molecule has 0 spiro atoms. The summed E-state index contributed by atoms with van der Waals surface area (Å²) in [4.78, 5) is 21.1. The summed E-state index contributed by atoms with van der Waals surface area (Å²) in [6, 6.07) is 10.1. The number of rotatable bonds is 7. The molecule has 4 aromatic rings. The number of aliphatic hydroxyl groups excluding tert-OH is 1. The van der Waals surface area contributed by atoms with Gasteiger partial charge in [0.15, 0.2) is 11.9 Å². The summed E-state index contributed by atoms with van der Waals surface area (Å²) in [5, 5.41) is 21.4. The number of hydrogen-bond acceptors (Lipinski definition) is 8. The van der Waals surface area contributed by atoms with Crippen LogP contribution < -0.4 is 5.32 Å². The molecule has 0 bridgehead atoms. The van der Waals surface area contributed by atoms with Crippen molar-refractivity contribution in [2.24, 2.45) is 0 Å². The maximum Gasteiger partial charge on any atom is 0.333 e. The third-order valence-corrected chi connectivity index (χ3v) is 5.26. The van der Waals surface area contributed by atoms with E-state index in [0.29, 0.717) is 34.0 Å². The molecule has 0 fully saturated rings. The van der Waals surface area contributed by atoms with Crippen LogP contribution in [0.5, 0.6) is 0 Å². The van der Waals surface area contributed by atoms with Crippen molar-refractivity contribution in [2.75, 3.05) is 12.4 Å². The van der Waals surface area contributed by atoms with Gasteiger partial charge in [0.25, 0.3) is 0 Å². The van der Waals surface area contributed by atoms with Crippen LogP contribution >= 0.6 is 0 Å². The van der Waals surface area contributed by atoms with Crippen molar-refractivity contribution in [3.8, 4) is 17.1 Å². The molecule has 4 rings (SSSR count). The van der Waals surface area contributed by atoms with Crippen LogP contribution in [0, 0.1) is 19.7 Å². The number of nitrogens with zero attached hydrogens (tertiary/aromatic N) is 5.